The van der Waals surface area contributed by atoms with Crippen LogP contribution in [0, 0.1) is 0 Å². The van der Waals surface area contributed by atoms with Gasteiger partial charge in [-0.3, -0.25) is 9.59 Å². The van der Waals surface area contributed by atoms with Crippen molar-refractivity contribution in [1.29, 1.82) is 0 Å². The van der Waals surface area contributed by atoms with Crippen molar-refractivity contribution in [2.75, 3.05) is 6.61 Å². The molecule has 0 aliphatic rings. The van der Waals surface area contributed by atoms with E-state index in [1.54, 1.807) is 6.20 Å². The number of aliphatic imine (C=N–C) groups is 1. The number of nitrogens with zero attached hydrogens (tertiary/aromatic N) is 2. The van der Waals surface area contributed by atoms with Gasteiger partial charge in [-0.05, 0) is 13.1 Å². The summed E-state index contributed by atoms with van der Waals surface area (Å²) in [5.74, 6) is -0.988. The van der Waals surface area contributed by atoms with Crippen LogP contribution in [-0.4, -0.2) is 46.3 Å². The van der Waals surface area contributed by atoms with Crippen molar-refractivity contribution in [2.45, 2.75) is 18.9 Å². The van der Waals surface area contributed by atoms with Crippen LogP contribution >= 0.6 is 0 Å². The summed E-state index contributed by atoms with van der Waals surface area (Å²) in [6.45, 7) is 2.56. The predicted molar refractivity (Wildman–Crippen MR) is 60.5 cm³/mol. The first-order chi connectivity index (χ1) is 8.17. The van der Waals surface area contributed by atoms with E-state index >= 15 is 0 Å². The second kappa shape index (κ2) is 6.54. The van der Waals surface area contributed by atoms with Crippen LogP contribution in [0.15, 0.2) is 17.5 Å². The molecule has 0 saturated heterocycles. The second-order valence-corrected chi connectivity index (χ2v) is 3.38. The quantitative estimate of drug-likeness (QED) is 0.555. The minimum atomic E-state index is -1.01. The summed E-state index contributed by atoms with van der Waals surface area (Å²) in [5.41, 5.74) is 0.828. The zero-order valence-corrected chi connectivity index (χ0v) is 9.22. The molecule has 1 atom stereocenters. The molecule has 7 heteroatoms. The Morgan fingerprint density at radius 2 is 2.41 bits per heavy atom. The molecule has 0 radical (unpaired) electrons. The lowest BCUT2D eigenvalue weighted by Gasteiger charge is -2.11. The molecule has 1 aromatic heterocycles. The number of aryl methyl sites for hydroxylation is 1. The van der Waals surface area contributed by atoms with Crippen LogP contribution in [0.5, 0.6) is 0 Å². The van der Waals surface area contributed by atoms with Crippen molar-refractivity contribution >= 4 is 18.5 Å². The third-order valence-corrected chi connectivity index (χ3v) is 2.15. The molecule has 2 amide bonds. The number of H-pyrrole nitrogens is 1. The molecule has 92 valence electrons. The first-order valence-corrected chi connectivity index (χ1v) is 5.05. The monoisotopic (exact) mass is 238 g/mol. The normalized spacial score (nSPS) is 11.8. The van der Waals surface area contributed by atoms with E-state index in [0.717, 1.165) is 5.69 Å². The summed E-state index contributed by atoms with van der Waals surface area (Å²) in [4.78, 5) is 32.4. The summed E-state index contributed by atoms with van der Waals surface area (Å²) in [7, 11) is 0. The van der Waals surface area contributed by atoms with E-state index < -0.39 is 18.6 Å². The van der Waals surface area contributed by atoms with Crippen LogP contribution in [0.2, 0.25) is 0 Å². The van der Waals surface area contributed by atoms with Gasteiger partial charge in [-0.2, -0.15) is 0 Å². The zero-order valence-electron chi connectivity index (χ0n) is 9.22. The van der Waals surface area contributed by atoms with Gasteiger partial charge >= 0.3 is 0 Å². The fourth-order valence-electron chi connectivity index (χ4n) is 1.23. The van der Waals surface area contributed by atoms with Gasteiger partial charge in [-0.15, -0.1) is 0 Å². The van der Waals surface area contributed by atoms with Crippen LogP contribution in [0.25, 0.3) is 0 Å². The number of carbonyl (C=O) groups is 2. The minimum absolute atomic E-state index is 0.198. The molecule has 1 aromatic rings. The van der Waals surface area contributed by atoms with Crippen molar-refractivity contribution < 1.29 is 14.7 Å². The Labute approximate surface area is 98.0 Å². The van der Waals surface area contributed by atoms with Crippen molar-refractivity contribution in [3.05, 3.63) is 18.2 Å². The highest BCUT2D eigenvalue weighted by molar-refractivity contribution is 5.90. The Kier molecular flexibility index (Phi) is 5.02. The number of aromatic amines is 1. The maximum absolute atomic E-state index is 11.5. The molecule has 0 aliphatic carbocycles. The lowest BCUT2D eigenvalue weighted by Crippen LogP contribution is -2.42. The smallest absolute Gasteiger partial charge is 0.270 e. The van der Waals surface area contributed by atoms with Gasteiger partial charge in [0, 0.05) is 18.3 Å². The van der Waals surface area contributed by atoms with Crippen LogP contribution in [0.1, 0.15) is 12.1 Å². The number of aliphatic hydroxyl groups is 1. The number of rotatable bonds is 6. The van der Waals surface area contributed by atoms with Crippen LogP contribution < -0.4 is 5.32 Å². The van der Waals surface area contributed by atoms with Crippen molar-refractivity contribution in [3.8, 4) is 0 Å². The molecule has 0 aromatic carbocycles. The Hall–Kier alpha value is -2.02. The predicted octanol–water partition coefficient (Wildman–Crippen LogP) is -0.953. The van der Waals surface area contributed by atoms with E-state index in [-0.39, 0.29) is 12.3 Å². The van der Waals surface area contributed by atoms with E-state index in [1.165, 1.54) is 6.33 Å². The molecule has 0 bridgehead atoms. The SMILES string of the molecule is C=NC(=O)[C@H](CO)NC(=O)CCc1cnc[nH]1. The minimum Gasteiger partial charge on any atom is -0.394 e. The second-order valence-electron chi connectivity index (χ2n) is 3.38. The van der Waals surface area contributed by atoms with E-state index in [2.05, 4.69) is 27.0 Å². The number of aliphatic hydroxyl groups excluding tert-OH is 1. The average Bonchev–Trinajstić information content (AvgIpc) is 2.85. The number of carbonyl (C=O) groups excluding carboxylic acids is 2. The molecular formula is C10H14N4O3. The van der Waals surface area contributed by atoms with Gasteiger partial charge in [0.15, 0.2) is 0 Å². The van der Waals surface area contributed by atoms with Gasteiger partial charge in [0.1, 0.15) is 6.04 Å². The van der Waals surface area contributed by atoms with Gasteiger partial charge in [-0.1, -0.05) is 0 Å². The molecular weight excluding hydrogens is 224 g/mol. The number of imidazole rings is 1. The highest BCUT2D eigenvalue weighted by Crippen LogP contribution is 1.97. The Morgan fingerprint density at radius 1 is 1.65 bits per heavy atom. The first-order valence-electron chi connectivity index (χ1n) is 5.05. The van der Waals surface area contributed by atoms with Gasteiger partial charge in [0.05, 0.1) is 12.9 Å². The molecule has 0 fully saturated rings. The van der Waals surface area contributed by atoms with Crippen molar-refractivity contribution in [3.63, 3.8) is 0 Å². The molecule has 0 saturated carbocycles. The maximum Gasteiger partial charge on any atom is 0.270 e. The Morgan fingerprint density at radius 3 is 2.94 bits per heavy atom. The van der Waals surface area contributed by atoms with E-state index in [4.69, 9.17) is 5.11 Å². The Balaban J connectivity index is 2.37. The van der Waals surface area contributed by atoms with Gasteiger partial charge in [0.25, 0.3) is 5.91 Å². The van der Waals surface area contributed by atoms with Crippen LogP contribution in [-0.2, 0) is 16.0 Å². The lowest BCUT2D eigenvalue weighted by atomic mass is 10.2. The van der Waals surface area contributed by atoms with E-state index in [0.29, 0.717) is 6.42 Å². The third kappa shape index (κ3) is 4.15. The third-order valence-electron chi connectivity index (χ3n) is 2.15. The Bertz CT molecular complexity index is 388. The maximum atomic E-state index is 11.5. The van der Waals surface area contributed by atoms with Gasteiger partial charge in [0.2, 0.25) is 5.91 Å². The number of amides is 2. The lowest BCUT2D eigenvalue weighted by molar-refractivity contribution is -0.128. The standard InChI is InChI=1S/C10H14N4O3/c1-11-10(17)8(5-15)14-9(16)3-2-7-4-12-6-13-7/h4,6,8,15H,1-3,5H2,(H,12,13)(H,14,16)/t8-/m0/s1. The van der Waals surface area contributed by atoms with Crippen LogP contribution in [0.3, 0.4) is 0 Å². The number of hydrogen-bond donors (Lipinski definition) is 3. The molecule has 1 heterocycles. The fraction of sp³-hybridized carbons (Fsp3) is 0.400. The topological polar surface area (TPSA) is 107 Å². The fourth-order valence-corrected chi connectivity index (χ4v) is 1.23. The van der Waals surface area contributed by atoms with Gasteiger partial charge < -0.3 is 15.4 Å². The van der Waals surface area contributed by atoms with Crippen molar-refractivity contribution in [2.24, 2.45) is 4.99 Å². The highest BCUT2D eigenvalue weighted by Gasteiger charge is 2.18. The molecule has 0 unspecified atom stereocenters. The molecule has 1 rings (SSSR count). The summed E-state index contributed by atoms with van der Waals surface area (Å²) in [6.07, 6.45) is 3.82. The van der Waals surface area contributed by atoms with E-state index in [9.17, 15) is 9.59 Å². The molecule has 3 N–H and O–H groups in total. The molecule has 0 aliphatic heterocycles. The van der Waals surface area contributed by atoms with Gasteiger partial charge in [-0.25, -0.2) is 9.98 Å². The summed E-state index contributed by atoms with van der Waals surface area (Å²) < 4.78 is 0. The van der Waals surface area contributed by atoms with Crippen molar-refractivity contribution in [1.82, 2.24) is 15.3 Å². The number of aromatic nitrogens is 2. The highest BCUT2D eigenvalue weighted by atomic mass is 16.3. The zero-order chi connectivity index (χ0) is 12.7. The first kappa shape index (κ1) is 13.0. The molecule has 7 nitrogen and oxygen atoms in total. The number of nitrogens with one attached hydrogen (secondary N) is 2. The molecule has 0 spiro atoms. The molecule has 17 heavy (non-hydrogen) atoms. The summed E-state index contributed by atoms with van der Waals surface area (Å²) >= 11 is 0. The van der Waals surface area contributed by atoms with Crippen LogP contribution in [0.4, 0.5) is 0 Å². The largest absolute Gasteiger partial charge is 0.394 e. The summed E-state index contributed by atoms with van der Waals surface area (Å²) in [5, 5.41) is 11.3. The van der Waals surface area contributed by atoms with E-state index in [1.807, 2.05) is 0 Å². The number of hydrogen-bond acceptors (Lipinski definition) is 4. The summed E-state index contributed by atoms with van der Waals surface area (Å²) in [6, 6.07) is -1.01. The average molecular weight is 238 g/mol.